The number of nitrogens with two attached hydrogens (primary N) is 1. The standard InChI is InChI=1S/C14H14ClN3O/c1-8-12(16)17-13(9-2-3-9)18-14(8)19-11-6-4-10(15)5-7-11/h4-7,9H,2-3H2,1H3,(H2,16,17,18). The zero-order valence-corrected chi connectivity index (χ0v) is 11.3. The lowest BCUT2D eigenvalue weighted by Crippen LogP contribution is -2.04. The van der Waals surface area contributed by atoms with Crippen molar-refractivity contribution in [1.29, 1.82) is 0 Å². The highest BCUT2D eigenvalue weighted by Gasteiger charge is 2.28. The van der Waals surface area contributed by atoms with Crippen LogP contribution >= 0.6 is 11.6 Å². The largest absolute Gasteiger partial charge is 0.439 e. The van der Waals surface area contributed by atoms with Crippen LogP contribution in [0.3, 0.4) is 0 Å². The molecule has 0 spiro atoms. The maximum atomic E-state index is 5.91. The smallest absolute Gasteiger partial charge is 0.227 e. The number of benzene rings is 1. The summed E-state index contributed by atoms with van der Waals surface area (Å²) in [5.74, 6) is 2.92. The summed E-state index contributed by atoms with van der Waals surface area (Å²) in [7, 11) is 0. The number of halogens is 1. The number of nitrogen functional groups attached to an aromatic ring is 1. The van der Waals surface area contributed by atoms with Crippen molar-refractivity contribution in [2.24, 2.45) is 0 Å². The normalized spacial score (nSPS) is 14.4. The Labute approximate surface area is 116 Å². The van der Waals surface area contributed by atoms with Crippen molar-refractivity contribution in [2.45, 2.75) is 25.7 Å². The van der Waals surface area contributed by atoms with Crippen LogP contribution < -0.4 is 10.5 Å². The van der Waals surface area contributed by atoms with Crippen LogP contribution in [0, 0.1) is 6.92 Å². The average molecular weight is 276 g/mol. The first-order chi connectivity index (χ1) is 9.13. The van der Waals surface area contributed by atoms with E-state index in [1.54, 1.807) is 24.3 Å². The first-order valence-electron chi connectivity index (χ1n) is 6.21. The van der Waals surface area contributed by atoms with Gasteiger partial charge in [-0.3, -0.25) is 0 Å². The molecule has 0 aliphatic heterocycles. The second-order valence-corrected chi connectivity index (χ2v) is 5.16. The van der Waals surface area contributed by atoms with Gasteiger partial charge in [-0.1, -0.05) is 11.6 Å². The molecule has 0 saturated heterocycles. The summed E-state index contributed by atoms with van der Waals surface area (Å²) in [5.41, 5.74) is 6.68. The lowest BCUT2D eigenvalue weighted by atomic mass is 10.3. The maximum absolute atomic E-state index is 5.91. The molecule has 1 heterocycles. The fourth-order valence-electron chi connectivity index (χ4n) is 1.77. The number of hydrogen-bond acceptors (Lipinski definition) is 4. The number of anilines is 1. The van der Waals surface area contributed by atoms with Gasteiger partial charge in [-0.05, 0) is 44.0 Å². The third-order valence-electron chi connectivity index (χ3n) is 3.13. The summed E-state index contributed by atoms with van der Waals surface area (Å²) in [5, 5.41) is 0.671. The van der Waals surface area contributed by atoms with E-state index in [4.69, 9.17) is 22.1 Å². The molecule has 1 aliphatic rings. The van der Waals surface area contributed by atoms with E-state index >= 15 is 0 Å². The van der Waals surface area contributed by atoms with Crippen molar-refractivity contribution < 1.29 is 4.74 Å². The van der Waals surface area contributed by atoms with Crippen LogP contribution in [0.25, 0.3) is 0 Å². The van der Waals surface area contributed by atoms with Crippen molar-refractivity contribution >= 4 is 17.4 Å². The summed E-state index contributed by atoms with van der Waals surface area (Å²) in [4.78, 5) is 8.78. The highest BCUT2D eigenvalue weighted by atomic mass is 35.5. The van der Waals surface area contributed by atoms with Crippen molar-refractivity contribution in [2.75, 3.05) is 5.73 Å². The summed E-state index contributed by atoms with van der Waals surface area (Å²) in [6, 6.07) is 7.16. The molecule has 5 heteroatoms. The third kappa shape index (κ3) is 2.63. The molecule has 98 valence electrons. The SMILES string of the molecule is Cc1c(N)nc(C2CC2)nc1Oc1ccc(Cl)cc1. The van der Waals surface area contributed by atoms with Gasteiger partial charge < -0.3 is 10.5 Å². The van der Waals surface area contributed by atoms with Crippen LogP contribution in [-0.2, 0) is 0 Å². The molecule has 4 nitrogen and oxygen atoms in total. The Morgan fingerprint density at radius 3 is 2.53 bits per heavy atom. The lowest BCUT2D eigenvalue weighted by molar-refractivity contribution is 0.455. The molecule has 19 heavy (non-hydrogen) atoms. The quantitative estimate of drug-likeness (QED) is 0.928. The van der Waals surface area contributed by atoms with E-state index in [1.165, 1.54) is 0 Å². The van der Waals surface area contributed by atoms with Gasteiger partial charge in [0, 0.05) is 10.9 Å². The van der Waals surface area contributed by atoms with Crippen molar-refractivity contribution in [3.63, 3.8) is 0 Å². The molecule has 1 aromatic carbocycles. The summed E-state index contributed by atoms with van der Waals surface area (Å²) >= 11 is 5.85. The van der Waals surface area contributed by atoms with Crippen molar-refractivity contribution in [3.8, 4) is 11.6 Å². The molecular formula is C14H14ClN3O. The van der Waals surface area contributed by atoms with Crippen LogP contribution in [0.15, 0.2) is 24.3 Å². The number of nitrogens with zero attached hydrogens (tertiary/aromatic N) is 2. The Bertz CT molecular complexity index is 609. The molecule has 1 aliphatic carbocycles. The zero-order valence-electron chi connectivity index (χ0n) is 10.6. The number of ether oxygens (including phenoxy) is 1. The van der Waals surface area contributed by atoms with E-state index in [0.29, 0.717) is 28.4 Å². The minimum absolute atomic E-state index is 0.440. The first kappa shape index (κ1) is 12.2. The molecule has 0 atom stereocenters. The molecule has 0 amide bonds. The molecule has 0 radical (unpaired) electrons. The monoisotopic (exact) mass is 275 g/mol. The van der Waals surface area contributed by atoms with Crippen LogP contribution in [0.1, 0.15) is 30.1 Å². The minimum atomic E-state index is 0.440. The molecule has 0 bridgehead atoms. The molecule has 2 N–H and O–H groups in total. The fraction of sp³-hybridized carbons (Fsp3) is 0.286. The van der Waals surface area contributed by atoms with Gasteiger partial charge in [-0.2, -0.15) is 4.98 Å². The second kappa shape index (κ2) is 4.70. The molecule has 3 rings (SSSR count). The summed E-state index contributed by atoms with van der Waals surface area (Å²) in [6.07, 6.45) is 2.26. The molecule has 2 aromatic rings. The van der Waals surface area contributed by atoms with Gasteiger partial charge in [0.1, 0.15) is 17.4 Å². The van der Waals surface area contributed by atoms with Gasteiger partial charge in [-0.25, -0.2) is 4.98 Å². The topological polar surface area (TPSA) is 61.0 Å². The van der Waals surface area contributed by atoms with E-state index < -0.39 is 0 Å². The van der Waals surface area contributed by atoms with E-state index in [-0.39, 0.29) is 0 Å². The van der Waals surface area contributed by atoms with Crippen LogP contribution in [-0.4, -0.2) is 9.97 Å². The fourth-order valence-corrected chi connectivity index (χ4v) is 1.89. The summed E-state index contributed by atoms with van der Waals surface area (Å²) in [6.45, 7) is 1.86. The Balaban J connectivity index is 1.92. The number of hydrogen-bond donors (Lipinski definition) is 1. The Kier molecular flexibility index (Phi) is 3.03. The molecule has 1 saturated carbocycles. The maximum Gasteiger partial charge on any atom is 0.227 e. The van der Waals surface area contributed by atoms with E-state index in [9.17, 15) is 0 Å². The first-order valence-corrected chi connectivity index (χ1v) is 6.58. The van der Waals surface area contributed by atoms with Crippen LogP contribution in [0.4, 0.5) is 5.82 Å². The van der Waals surface area contributed by atoms with E-state index in [0.717, 1.165) is 24.2 Å². The highest BCUT2D eigenvalue weighted by molar-refractivity contribution is 6.30. The number of rotatable bonds is 3. The van der Waals surface area contributed by atoms with Gasteiger partial charge in [0.15, 0.2) is 0 Å². The van der Waals surface area contributed by atoms with E-state index in [1.807, 2.05) is 6.92 Å². The predicted molar refractivity (Wildman–Crippen MR) is 74.7 cm³/mol. The van der Waals surface area contributed by atoms with Crippen LogP contribution in [0.5, 0.6) is 11.6 Å². The highest BCUT2D eigenvalue weighted by Crippen LogP contribution is 2.40. The Hall–Kier alpha value is -1.81. The average Bonchev–Trinajstić information content (AvgIpc) is 3.21. The van der Waals surface area contributed by atoms with Gasteiger partial charge in [-0.15, -0.1) is 0 Å². The van der Waals surface area contributed by atoms with Crippen LogP contribution in [0.2, 0.25) is 5.02 Å². The van der Waals surface area contributed by atoms with Crippen molar-refractivity contribution in [1.82, 2.24) is 9.97 Å². The van der Waals surface area contributed by atoms with Gasteiger partial charge in [0.2, 0.25) is 5.88 Å². The summed E-state index contributed by atoms with van der Waals surface area (Å²) < 4.78 is 5.77. The lowest BCUT2D eigenvalue weighted by Gasteiger charge is -2.10. The van der Waals surface area contributed by atoms with Gasteiger partial charge in [0.25, 0.3) is 0 Å². The Morgan fingerprint density at radius 1 is 1.21 bits per heavy atom. The molecule has 0 unspecified atom stereocenters. The zero-order chi connectivity index (χ0) is 13.4. The second-order valence-electron chi connectivity index (χ2n) is 4.73. The molecule has 1 aromatic heterocycles. The predicted octanol–water partition coefficient (Wildman–Crippen LogP) is 3.69. The van der Waals surface area contributed by atoms with Crippen molar-refractivity contribution in [3.05, 3.63) is 40.7 Å². The Morgan fingerprint density at radius 2 is 1.89 bits per heavy atom. The van der Waals surface area contributed by atoms with E-state index in [2.05, 4.69) is 9.97 Å². The number of aromatic nitrogens is 2. The molecule has 1 fully saturated rings. The van der Waals surface area contributed by atoms with Gasteiger partial charge in [0.05, 0.1) is 5.56 Å². The van der Waals surface area contributed by atoms with Gasteiger partial charge >= 0.3 is 0 Å². The minimum Gasteiger partial charge on any atom is -0.439 e. The third-order valence-corrected chi connectivity index (χ3v) is 3.38. The molecular weight excluding hydrogens is 262 g/mol.